The third kappa shape index (κ3) is 2.11. The van der Waals surface area contributed by atoms with E-state index in [1.807, 2.05) is 17.6 Å². The molecule has 0 unspecified atom stereocenters. The molecule has 2 heterocycles. The summed E-state index contributed by atoms with van der Waals surface area (Å²) >= 11 is 5.92. The second kappa shape index (κ2) is 4.29. The second-order valence-corrected chi connectivity index (χ2v) is 4.61. The molecule has 2 rings (SSSR count). The Morgan fingerprint density at radius 3 is 2.75 bits per heavy atom. The molecular weight excluding hydrogens is 224 g/mol. The van der Waals surface area contributed by atoms with Crippen molar-refractivity contribution in [1.29, 1.82) is 0 Å². The van der Waals surface area contributed by atoms with Crippen LogP contribution in [0.3, 0.4) is 0 Å². The lowest BCUT2D eigenvalue weighted by molar-refractivity contribution is 0.638. The molecule has 4 nitrogen and oxygen atoms in total. The molecule has 0 fully saturated rings. The quantitative estimate of drug-likeness (QED) is 0.894. The maximum atomic E-state index is 5.92. The lowest BCUT2D eigenvalue weighted by atomic mass is 10.1. The lowest BCUT2D eigenvalue weighted by Crippen LogP contribution is -1.97. The number of anilines is 1. The molecule has 0 saturated heterocycles. The van der Waals surface area contributed by atoms with Crippen LogP contribution in [0.2, 0.25) is 5.15 Å². The summed E-state index contributed by atoms with van der Waals surface area (Å²) in [6.45, 7) is 4.35. The second-order valence-electron chi connectivity index (χ2n) is 4.22. The van der Waals surface area contributed by atoms with E-state index < -0.39 is 0 Å². The summed E-state index contributed by atoms with van der Waals surface area (Å²) in [5, 5.41) is 3.46. The van der Waals surface area contributed by atoms with Crippen molar-refractivity contribution in [3.8, 4) is 0 Å². The van der Waals surface area contributed by atoms with Gasteiger partial charge in [-0.2, -0.15) is 0 Å². The van der Waals surface area contributed by atoms with E-state index >= 15 is 0 Å². The maximum Gasteiger partial charge on any atom is 0.180 e. The van der Waals surface area contributed by atoms with Crippen molar-refractivity contribution in [3.05, 3.63) is 23.2 Å². The molecule has 0 radical (unpaired) electrons. The van der Waals surface area contributed by atoms with Gasteiger partial charge in [0.15, 0.2) is 11.5 Å². The molecule has 86 valence electrons. The number of nitrogens with zero attached hydrogens (tertiary/aromatic N) is 3. The molecule has 2 aromatic rings. The Bertz CT molecular complexity index is 504. The van der Waals surface area contributed by atoms with Crippen molar-refractivity contribution in [2.24, 2.45) is 5.92 Å². The molecule has 0 saturated carbocycles. The fourth-order valence-electron chi connectivity index (χ4n) is 1.70. The first-order valence-electron chi connectivity index (χ1n) is 5.32. The summed E-state index contributed by atoms with van der Waals surface area (Å²) in [5.41, 5.74) is 1.89. The van der Waals surface area contributed by atoms with E-state index in [1.54, 1.807) is 6.20 Å². The molecule has 0 amide bonds. The largest absolute Gasteiger partial charge is 0.370 e. The van der Waals surface area contributed by atoms with Gasteiger partial charge < -0.3 is 9.72 Å². The Morgan fingerprint density at radius 2 is 2.12 bits per heavy atom. The van der Waals surface area contributed by atoms with Crippen LogP contribution in [0.1, 0.15) is 19.5 Å². The van der Waals surface area contributed by atoms with Crippen LogP contribution >= 0.6 is 11.6 Å². The third-order valence-electron chi connectivity index (χ3n) is 2.31. The van der Waals surface area contributed by atoms with E-state index in [0.717, 1.165) is 17.8 Å². The smallest absolute Gasteiger partial charge is 0.180 e. The van der Waals surface area contributed by atoms with Crippen molar-refractivity contribution in [2.45, 2.75) is 20.3 Å². The highest BCUT2D eigenvalue weighted by atomic mass is 35.5. The Morgan fingerprint density at radius 1 is 1.38 bits per heavy atom. The van der Waals surface area contributed by atoms with Crippen LogP contribution in [-0.2, 0) is 6.42 Å². The van der Waals surface area contributed by atoms with Gasteiger partial charge in [-0.15, -0.1) is 0 Å². The van der Waals surface area contributed by atoms with Crippen LogP contribution in [0.15, 0.2) is 12.4 Å². The van der Waals surface area contributed by atoms with Crippen LogP contribution in [-0.4, -0.2) is 21.4 Å². The number of halogens is 1. The summed E-state index contributed by atoms with van der Waals surface area (Å²) < 4.78 is 1.92. The summed E-state index contributed by atoms with van der Waals surface area (Å²) in [4.78, 5) is 8.73. The van der Waals surface area contributed by atoms with Crippen LogP contribution in [0.5, 0.6) is 0 Å². The van der Waals surface area contributed by atoms with E-state index in [2.05, 4.69) is 29.1 Å². The van der Waals surface area contributed by atoms with Gasteiger partial charge in [0.05, 0.1) is 5.69 Å². The minimum atomic E-state index is 0.463. The monoisotopic (exact) mass is 238 g/mol. The SMILES string of the molecule is CNc1nc(Cl)cn2cc(CC(C)C)nc12. The highest BCUT2D eigenvalue weighted by Crippen LogP contribution is 2.18. The highest BCUT2D eigenvalue weighted by molar-refractivity contribution is 6.29. The highest BCUT2D eigenvalue weighted by Gasteiger charge is 2.09. The number of hydrogen-bond donors (Lipinski definition) is 1. The first-order valence-corrected chi connectivity index (χ1v) is 5.70. The molecule has 5 heteroatoms. The molecule has 0 aliphatic carbocycles. The Kier molecular flexibility index (Phi) is 3.01. The normalized spacial score (nSPS) is 11.3. The number of rotatable bonds is 3. The fourth-order valence-corrected chi connectivity index (χ4v) is 1.89. The molecule has 0 bridgehead atoms. The Balaban J connectivity index is 2.51. The van der Waals surface area contributed by atoms with Crippen LogP contribution in [0.4, 0.5) is 5.82 Å². The molecule has 0 aliphatic heterocycles. The van der Waals surface area contributed by atoms with Gasteiger partial charge in [-0.3, -0.25) is 0 Å². The summed E-state index contributed by atoms with van der Waals surface area (Å²) in [7, 11) is 1.81. The number of fused-ring (bicyclic) bond motifs is 1. The van der Waals surface area contributed by atoms with Gasteiger partial charge in [-0.1, -0.05) is 25.4 Å². The van der Waals surface area contributed by atoms with Gasteiger partial charge >= 0.3 is 0 Å². The van der Waals surface area contributed by atoms with Gasteiger partial charge in [0.1, 0.15) is 5.15 Å². The molecular formula is C11H15ClN4. The summed E-state index contributed by atoms with van der Waals surface area (Å²) in [6.07, 6.45) is 4.74. The third-order valence-corrected chi connectivity index (χ3v) is 2.49. The molecule has 1 N–H and O–H groups in total. The maximum absolute atomic E-state index is 5.92. The lowest BCUT2D eigenvalue weighted by Gasteiger charge is -2.01. The van der Waals surface area contributed by atoms with Crippen molar-refractivity contribution in [1.82, 2.24) is 14.4 Å². The number of imidazole rings is 1. The molecule has 0 aliphatic rings. The molecule has 2 aromatic heterocycles. The zero-order valence-corrected chi connectivity index (χ0v) is 10.4. The van der Waals surface area contributed by atoms with E-state index in [4.69, 9.17) is 11.6 Å². The number of nitrogens with one attached hydrogen (secondary N) is 1. The Labute approximate surface area is 99.7 Å². The van der Waals surface area contributed by atoms with Crippen molar-refractivity contribution in [3.63, 3.8) is 0 Å². The molecule has 16 heavy (non-hydrogen) atoms. The van der Waals surface area contributed by atoms with Crippen LogP contribution < -0.4 is 5.32 Å². The van der Waals surface area contributed by atoms with Crippen LogP contribution in [0.25, 0.3) is 5.65 Å². The zero-order valence-electron chi connectivity index (χ0n) is 9.66. The molecule has 0 aromatic carbocycles. The average Bonchev–Trinajstić information content (AvgIpc) is 2.57. The molecule has 0 spiro atoms. The average molecular weight is 239 g/mol. The molecule has 0 atom stereocenters. The minimum Gasteiger partial charge on any atom is -0.370 e. The Hall–Kier alpha value is -1.29. The standard InChI is InChI=1S/C11H15ClN4/c1-7(2)4-8-5-16-6-9(12)15-10(13-3)11(16)14-8/h5-7H,4H2,1-3H3,(H,13,15). The van der Waals surface area contributed by atoms with Gasteiger partial charge in [-0.25, -0.2) is 9.97 Å². The van der Waals surface area contributed by atoms with E-state index in [9.17, 15) is 0 Å². The van der Waals surface area contributed by atoms with Crippen molar-refractivity contribution in [2.75, 3.05) is 12.4 Å². The van der Waals surface area contributed by atoms with Gasteiger partial charge in [0.25, 0.3) is 0 Å². The van der Waals surface area contributed by atoms with E-state index in [0.29, 0.717) is 16.9 Å². The van der Waals surface area contributed by atoms with Crippen LogP contribution in [0, 0.1) is 5.92 Å². The predicted molar refractivity (Wildman–Crippen MR) is 66.1 cm³/mol. The minimum absolute atomic E-state index is 0.463. The fraction of sp³-hybridized carbons (Fsp3) is 0.455. The topological polar surface area (TPSA) is 42.2 Å². The van der Waals surface area contributed by atoms with E-state index in [-0.39, 0.29) is 0 Å². The van der Waals surface area contributed by atoms with Gasteiger partial charge in [0, 0.05) is 19.4 Å². The number of aromatic nitrogens is 3. The first kappa shape index (κ1) is 11.2. The van der Waals surface area contributed by atoms with E-state index in [1.165, 1.54) is 0 Å². The van der Waals surface area contributed by atoms with Gasteiger partial charge in [-0.05, 0) is 12.3 Å². The summed E-state index contributed by atoms with van der Waals surface area (Å²) in [6, 6.07) is 0. The number of hydrogen-bond acceptors (Lipinski definition) is 3. The van der Waals surface area contributed by atoms with Crippen molar-refractivity contribution >= 4 is 23.1 Å². The summed E-state index contributed by atoms with van der Waals surface area (Å²) in [5.74, 6) is 1.30. The predicted octanol–water partition coefficient (Wildman–Crippen LogP) is 2.62. The van der Waals surface area contributed by atoms with Gasteiger partial charge in [0.2, 0.25) is 0 Å². The van der Waals surface area contributed by atoms with Crippen molar-refractivity contribution < 1.29 is 0 Å². The zero-order chi connectivity index (χ0) is 11.7. The first-order chi connectivity index (χ1) is 7.60.